The topological polar surface area (TPSA) is 81.7 Å². The summed E-state index contributed by atoms with van der Waals surface area (Å²) in [5.41, 5.74) is 0.401. The SMILES string of the molecule is COc1ccc(NC(=O)[C@H](C)Sc2ccccc2C(=O)OCC(=O)C(C)(C)C)cc1. The maximum absolute atomic E-state index is 12.6. The van der Waals surface area contributed by atoms with Crippen molar-refractivity contribution in [3.05, 3.63) is 54.1 Å². The Morgan fingerprint density at radius 1 is 1.03 bits per heavy atom. The molecule has 2 aromatic rings. The Kier molecular flexibility index (Phi) is 8.06. The maximum atomic E-state index is 12.6. The molecule has 0 heterocycles. The van der Waals surface area contributed by atoms with Crippen molar-refractivity contribution < 1.29 is 23.9 Å². The van der Waals surface area contributed by atoms with Crippen molar-refractivity contribution in [3.63, 3.8) is 0 Å². The van der Waals surface area contributed by atoms with E-state index >= 15 is 0 Å². The smallest absolute Gasteiger partial charge is 0.339 e. The number of ketones is 1. The highest BCUT2D eigenvalue weighted by molar-refractivity contribution is 8.00. The number of benzene rings is 2. The van der Waals surface area contributed by atoms with Crippen molar-refractivity contribution in [1.29, 1.82) is 0 Å². The number of carbonyl (C=O) groups excluding carboxylic acids is 3. The molecule has 2 aromatic carbocycles. The fourth-order valence-corrected chi connectivity index (χ4v) is 3.31. The van der Waals surface area contributed by atoms with E-state index < -0.39 is 16.6 Å². The molecule has 0 bridgehead atoms. The number of Topliss-reactive ketones (excluding diaryl/α,β-unsaturated/α-hetero) is 1. The quantitative estimate of drug-likeness (QED) is 0.488. The molecule has 0 unspecified atom stereocenters. The third-order valence-electron chi connectivity index (χ3n) is 4.31. The van der Waals surface area contributed by atoms with Gasteiger partial charge in [0.25, 0.3) is 0 Å². The molecule has 0 fully saturated rings. The van der Waals surface area contributed by atoms with Gasteiger partial charge < -0.3 is 14.8 Å². The average molecular weight is 430 g/mol. The van der Waals surface area contributed by atoms with E-state index in [-0.39, 0.29) is 18.3 Å². The number of nitrogens with one attached hydrogen (secondary N) is 1. The lowest BCUT2D eigenvalue weighted by Gasteiger charge is -2.17. The third kappa shape index (κ3) is 6.62. The second-order valence-electron chi connectivity index (χ2n) is 7.72. The molecule has 0 saturated carbocycles. The lowest BCUT2D eigenvalue weighted by Crippen LogP contribution is -2.26. The summed E-state index contributed by atoms with van der Waals surface area (Å²) in [6, 6.07) is 13.9. The van der Waals surface area contributed by atoms with Crippen LogP contribution in [0.2, 0.25) is 0 Å². The Labute approximate surface area is 181 Å². The van der Waals surface area contributed by atoms with Crippen LogP contribution in [0.1, 0.15) is 38.1 Å². The number of thioether (sulfide) groups is 1. The standard InChI is InChI=1S/C23H27NO5S/c1-15(21(26)24-16-10-12-17(28-5)13-11-16)30-19-9-7-6-8-18(19)22(27)29-14-20(25)23(2,3)4/h6-13,15H,14H2,1-5H3,(H,24,26)/t15-/m0/s1. The predicted octanol–water partition coefficient (Wildman–Crippen LogP) is 4.59. The van der Waals surface area contributed by atoms with Gasteiger partial charge in [-0.3, -0.25) is 9.59 Å². The summed E-state index contributed by atoms with van der Waals surface area (Å²) < 4.78 is 10.3. The molecule has 0 aliphatic carbocycles. The van der Waals surface area contributed by atoms with Crippen molar-refractivity contribution in [2.24, 2.45) is 5.41 Å². The van der Waals surface area contributed by atoms with Crippen LogP contribution in [0.25, 0.3) is 0 Å². The van der Waals surface area contributed by atoms with Crippen LogP contribution in [-0.2, 0) is 14.3 Å². The number of hydrogen-bond acceptors (Lipinski definition) is 6. The summed E-state index contributed by atoms with van der Waals surface area (Å²) in [7, 11) is 1.58. The summed E-state index contributed by atoms with van der Waals surface area (Å²) in [6.45, 7) is 6.80. The van der Waals surface area contributed by atoms with Crippen LogP contribution in [0.4, 0.5) is 5.69 Å². The molecular weight excluding hydrogens is 402 g/mol. The monoisotopic (exact) mass is 429 g/mol. The van der Waals surface area contributed by atoms with E-state index in [1.54, 1.807) is 83.3 Å². The van der Waals surface area contributed by atoms with Crippen LogP contribution in [0.15, 0.2) is 53.4 Å². The molecule has 0 radical (unpaired) electrons. The van der Waals surface area contributed by atoms with Gasteiger partial charge in [-0.05, 0) is 43.3 Å². The molecule has 30 heavy (non-hydrogen) atoms. The second kappa shape index (κ2) is 10.3. The Morgan fingerprint density at radius 2 is 1.67 bits per heavy atom. The van der Waals surface area contributed by atoms with Crippen LogP contribution in [0.3, 0.4) is 0 Å². The van der Waals surface area contributed by atoms with Gasteiger partial charge in [0.15, 0.2) is 12.4 Å². The van der Waals surface area contributed by atoms with Gasteiger partial charge in [0.05, 0.1) is 17.9 Å². The Balaban J connectivity index is 2.02. The molecule has 1 atom stereocenters. The first-order valence-electron chi connectivity index (χ1n) is 9.53. The molecule has 2 rings (SSSR count). The minimum absolute atomic E-state index is 0.159. The number of ether oxygens (including phenoxy) is 2. The fraction of sp³-hybridized carbons (Fsp3) is 0.348. The van der Waals surface area contributed by atoms with Crippen molar-refractivity contribution in [2.75, 3.05) is 19.0 Å². The lowest BCUT2D eigenvalue weighted by atomic mass is 9.91. The van der Waals surface area contributed by atoms with Gasteiger partial charge in [-0.2, -0.15) is 0 Å². The number of esters is 1. The van der Waals surface area contributed by atoms with Crippen LogP contribution >= 0.6 is 11.8 Å². The van der Waals surface area contributed by atoms with E-state index in [0.717, 1.165) is 0 Å². The molecule has 0 aliphatic heterocycles. The first-order valence-corrected chi connectivity index (χ1v) is 10.4. The Hall–Kier alpha value is -2.80. The summed E-state index contributed by atoms with van der Waals surface area (Å²) in [5.74, 6) is -0.240. The zero-order chi connectivity index (χ0) is 22.3. The van der Waals surface area contributed by atoms with Gasteiger partial charge in [0, 0.05) is 16.0 Å². The first kappa shape index (κ1) is 23.5. The van der Waals surface area contributed by atoms with E-state index in [4.69, 9.17) is 9.47 Å². The molecular formula is C23H27NO5S. The highest BCUT2D eigenvalue weighted by atomic mass is 32.2. The molecule has 0 spiro atoms. The predicted molar refractivity (Wildman–Crippen MR) is 118 cm³/mol. The number of methoxy groups -OCH3 is 1. The van der Waals surface area contributed by atoms with E-state index in [9.17, 15) is 14.4 Å². The van der Waals surface area contributed by atoms with Gasteiger partial charge in [-0.25, -0.2) is 4.79 Å². The number of carbonyl (C=O) groups is 3. The minimum Gasteiger partial charge on any atom is -0.497 e. The van der Waals surface area contributed by atoms with Crippen LogP contribution < -0.4 is 10.1 Å². The van der Waals surface area contributed by atoms with Crippen molar-refractivity contribution >= 4 is 35.1 Å². The normalized spacial score (nSPS) is 12.0. The van der Waals surface area contributed by atoms with Crippen molar-refractivity contribution in [2.45, 2.75) is 37.8 Å². The highest BCUT2D eigenvalue weighted by Crippen LogP contribution is 2.28. The molecule has 6 nitrogen and oxygen atoms in total. The molecule has 0 aromatic heterocycles. The number of rotatable bonds is 8. The molecule has 0 aliphatic rings. The summed E-state index contributed by atoms with van der Waals surface area (Å²) in [5, 5.41) is 2.38. The summed E-state index contributed by atoms with van der Waals surface area (Å²) >= 11 is 1.25. The highest BCUT2D eigenvalue weighted by Gasteiger charge is 2.24. The number of hydrogen-bond donors (Lipinski definition) is 1. The van der Waals surface area contributed by atoms with Gasteiger partial charge in [0.2, 0.25) is 5.91 Å². The Morgan fingerprint density at radius 3 is 2.27 bits per heavy atom. The van der Waals surface area contributed by atoms with Crippen molar-refractivity contribution in [1.82, 2.24) is 0 Å². The molecule has 1 N–H and O–H groups in total. The molecule has 7 heteroatoms. The minimum atomic E-state index is -0.585. The van der Waals surface area contributed by atoms with Gasteiger partial charge in [-0.1, -0.05) is 32.9 Å². The third-order valence-corrected chi connectivity index (χ3v) is 5.49. The van der Waals surface area contributed by atoms with Crippen LogP contribution in [0.5, 0.6) is 5.75 Å². The van der Waals surface area contributed by atoms with Crippen molar-refractivity contribution in [3.8, 4) is 5.75 Å². The second-order valence-corrected chi connectivity index (χ2v) is 9.11. The number of amides is 1. The largest absolute Gasteiger partial charge is 0.497 e. The zero-order valence-electron chi connectivity index (χ0n) is 17.9. The molecule has 160 valence electrons. The molecule has 1 amide bonds. The zero-order valence-corrected chi connectivity index (χ0v) is 18.7. The summed E-state index contributed by atoms with van der Waals surface area (Å²) in [6.07, 6.45) is 0. The maximum Gasteiger partial charge on any atom is 0.339 e. The number of anilines is 1. The van der Waals surface area contributed by atoms with Gasteiger partial charge in [0.1, 0.15) is 5.75 Å². The van der Waals surface area contributed by atoms with E-state index in [2.05, 4.69) is 5.32 Å². The molecule has 0 saturated heterocycles. The first-order chi connectivity index (χ1) is 14.1. The van der Waals surface area contributed by atoms with Crippen LogP contribution in [0, 0.1) is 5.41 Å². The van der Waals surface area contributed by atoms with E-state index in [1.165, 1.54) is 11.8 Å². The Bertz CT molecular complexity index is 903. The van der Waals surface area contributed by atoms with Crippen LogP contribution in [-0.4, -0.2) is 36.6 Å². The van der Waals surface area contributed by atoms with E-state index in [0.29, 0.717) is 21.9 Å². The lowest BCUT2D eigenvalue weighted by molar-refractivity contribution is -0.129. The van der Waals surface area contributed by atoms with Gasteiger partial charge >= 0.3 is 5.97 Å². The summed E-state index contributed by atoms with van der Waals surface area (Å²) in [4.78, 5) is 37.7. The fourth-order valence-electron chi connectivity index (χ4n) is 2.33. The van der Waals surface area contributed by atoms with Gasteiger partial charge in [-0.15, -0.1) is 11.8 Å². The average Bonchev–Trinajstić information content (AvgIpc) is 2.71. The van der Waals surface area contributed by atoms with E-state index in [1.807, 2.05) is 0 Å².